The van der Waals surface area contributed by atoms with Gasteiger partial charge in [-0.1, -0.05) is 18.2 Å². The summed E-state index contributed by atoms with van der Waals surface area (Å²) in [6.45, 7) is 0.459. The minimum Gasteiger partial charge on any atom is -0.351 e. The molecular weight excluding hydrogens is 376 g/mol. The molecule has 0 atom stereocenters. The topological polar surface area (TPSA) is 102 Å². The second-order valence-corrected chi connectivity index (χ2v) is 7.59. The second-order valence-electron chi connectivity index (χ2n) is 6.64. The lowest BCUT2D eigenvalue weighted by atomic mass is 10.2. The molecule has 1 fully saturated rings. The fraction of sp³-hybridized carbons (Fsp3) is 0.316. The van der Waals surface area contributed by atoms with Gasteiger partial charge >= 0.3 is 0 Å². The van der Waals surface area contributed by atoms with E-state index in [-0.39, 0.29) is 11.8 Å². The molecule has 9 heteroatoms. The van der Waals surface area contributed by atoms with Crippen LogP contribution in [-0.4, -0.2) is 38.6 Å². The van der Waals surface area contributed by atoms with Crippen molar-refractivity contribution in [3.05, 3.63) is 46.7 Å². The highest BCUT2D eigenvalue weighted by atomic mass is 32.1. The predicted octanol–water partition coefficient (Wildman–Crippen LogP) is 2.89. The summed E-state index contributed by atoms with van der Waals surface area (Å²) in [6, 6.07) is 11.5. The maximum atomic E-state index is 12.2. The lowest BCUT2D eigenvalue weighted by molar-refractivity contribution is -0.116. The van der Waals surface area contributed by atoms with E-state index in [1.807, 2.05) is 40.4 Å². The van der Waals surface area contributed by atoms with Crippen molar-refractivity contribution in [2.45, 2.75) is 31.7 Å². The number of benzene rings is 1. The summed E-state index contributed by atoms with van der Waals surface area (Å²) < 4.78 is 1.84. The van der Waals surface area contributed by atoms with Crippen LogP contribution in [0.15, 0.2) is 41.8 Å². The quantitative estimate of drug-likeness (QED) is 0.570. The fourth-order valence-corrected chi connectivity index (χ4v) is 3.49. The van der Waals surface area contributed by atoms with Gasteiger partial charge in [0.15, 0.2) is 5.82 Å². The Kier molecular flexibility index (Phi) is 5.43. The van der Waals surface area contributed by atoms with Crippen molar-refractivity contribution in [1.29, 1.82) is 0 Å². The molecule has 2 heterocycles. The van der Waals surface area contributed by atoms with Crippen LogP contribution < -0.4 is 10.6 Å². The Morgan fingerprint density at radius 3 is 2.89 bits per heavy atom. The molecule has 28 heavy (non-hydrogen) atoms. The molecule has 0 bridgehead atoms. The van der Waals surface area contributed by atoms with E-state index in [4.69, 9.17) is 0 Å². The minimum atomic E-state index is -0.100. The van der Waals surface area contributed by atoms with E-state index < -0.39 is 0 Å². The Hall–Kier alpha value is -3.07. The predicted molar refractivity (Wildman–Crippen MR) is 106 cm³/mol. The van der Waals surface area contributed by atoms with Crippen molar-refractivity contribution in [3.63, 3.8) is 0 Å². The number of hydrogen-bond donors (Lipinski definition) is 2. The van der Waals surface area contributed by atoms with Gasteiger partial charge < -0.3 is 10.6 Å². The van der Waals surface area contributed by atoms with Crippen LogP contribution in [0.1, 0.15) is 41.4 Å². The molecule has 0 spiro atoms. The van der Waals surface area contributed by atoms with E-state index in [0.717, 1.165) is 24.2 Å². The SMILES string of the molecule is O=C(CCCNC(=O)c1cccs1)Nc1cccc(-c2nnnn2C2CC2)c1. The first kappa shape index (κ1) is 18.3. The van der Waals surface area contributed by atoms with Gasteiger partial charge in [-0.3, -0.25) is 9.59 Å². The zero-order chi connectivity index (χ0) is 19.3. The molecule has 2 aromatic heterocycles. The maximum Gasteiger partial charge on any atom is 0.261 e. The molecule has 144 valence electrons. The van der Waals surface area contributed by atoms with Crippen LogP contribution in [-0.2, 0) is 4.79 Å². The summed E-state index contributed by atoms with van der Waals surface area (Å²) in [4.78, 5) is 24.7. The molecule has 0 radical (unpaired) electrons. The lowest BCUT2D eigenvalue weighted by Crippen LogP contribution is -2.24. The highest BCUT2D eigenvalue weighted by Gasteiger charge is 2.28. The van der Waals surface area contributed by atoms with Crippen molar-refractivity contribution in [2.75, 3.05) is 11.9 Å². The highest BCUT2D eigenvalue weighted by Crippen LogP contribution is 2.36. The van der Waals surface area contributed by atoms with Crippen molar-refractivity contribution in [2.24, 2.45) is 0 Å². The zero-order valence-corrected chi connectivity index (χ0v) is 16.0. The zero-order valence-electron chi connectivity index (χ0n) is 15.2. The third-order valence-corrected chi connectivity index (χ3v) is 5.27. The van der Waals surface area contributed by atoms with Gasteiger partial charge in [0.1, 0.15) is 0 Å². The largest absolute Gasteiger partial charge is 0.351 e. The van der Waals surface area contributed by atoms with E-state index in [1.165, 1.54) is 11.3 Å². The monoisotopic (exact) mass is 396 g/mol. The van der Waals surface area contributed by atoms with E-state index in [0.29, 0.717) is 36.0 Å². The van der Waals surface area contributed by atoms with E-state index in [1.54, 1.807) is 6.07 Å². The molecule has 0 unspecified atom stereocenters. The lowest BCUT2D eigenvalue weighted by Gasteiger charge is -2.08. The Morgan fingerprint density at radius 1 is 1.21 bits per heavy atom. The summed E-state index contributed by atoms with van der Waals surface area (Å²) in [6.07, 6.45) is 3.09. The number of nitrogens with zero attached hydrogens (tertiary/aromatic N) is 4. The summed E-state index contributed by atoms with van der Waals surface area (Å²) in [5.41, 5.74) is 1.58. The summed E-state index contributed by atoms with van der Waals surface area (Å²) in [5, 5.41) is 19.5. The third-order valence-electron chi connectivity index (χ3n) is 4.40. The van der Waals surface area contributed by atoms with E-state index >= 15 is 0 Å². The smallest absolute Gasteiger partial charge is 0.261 e. The van der Waals surface area contributed by atoms with Crippen molar-refractivity contribution >= 4 is 28.8 Å². The first-order valence-electron chi connectivity index (χ1n) is 9.20. The number of tetrazole rings is 1. The van der Waals surface area contributed by atoms with E-state index in [2.05, 4.69) is 26.2 Å². The number of carbonyl (C=O) groups excluding carboxylic acids is 2. The average Bonchev–Trinajstić information content (AvgIpc) is 3.20. The molecule has 1 saturated carbocycles. The van der Waals surface area contributed by atoms with Crippen LogP contribution >= 0.6 is 11.3 Å². The summed E-state index contributed by atoms with van der Waals surface area (Å²) >= 11 is 1.40. The van der Waals surface area contributed by atoms with Crippen LogP contribution in [0.5, 0.6) is 0 Å². The second kappa shape index (κ2) is 8.30. The number of rotatable bonds is 8. The molecule has 0 saturated heterocycles. The molecule has 2 amide bonds. The Labute approximate surface area is 166 Å². The standard InChI is InChI=1S/C19H20N6O2S/c26-17(7-2-10-20-19(27)16-6-3-11-28-16)21-14-5-1-4-13(12-14)18-22-23-24-25(18)15-8-9-15/h1,3-6,11-12,15H,2,7-10H2,(H,20,27)(H,21,26). The molecule has 2 N–H and O–H groups in total. The number of aromatic nitrogens is 4. The first-order chi connectivity index (χ1) is 13.7. The van der Waals surface area contributed by atoms with Gasteiger partial charge in [0.25, 0.3) is 5.91 Å². The van der Waals surface area contributed by atoms with Crippen LogP contribution in [0.3, 0.4) is 0 Å². The Morgan fingerprint density at radius 2 is 2.11 bits per heavy atom. The third kappa shape index (κ3) is 4.42. The van der Waals surface area contributed by atoms with Crippen molar-refractivity contribution in [1.82, 2.24) is 25.5 Å². The molecule has 1 aromatic carbocycles. The van der Waals surface area contributed by atoms with Crippen molar-refractivity contribution in [3.8, 4) is 11.4 Å². The Balaban J connectivity index is 1.27. The van der Waals surface area contributed by atoms with Gasteiger partial charge in [-0.15, -0.1) is 16.4 Å². The first-order valence-corrected chi connectivity index (χ1v) is 10.1. The molecule has 1 aliphatic carbocycles. The number of hydrogen-bond acceptors (Lipinski definition) is 6. The van der Waals surface area contributed by atoms with Gasteiger partial charge in [0.05, 0.1) is 10.9 Å². The number of amides is 2. The van der Waals surface area contributed by atoms with Crippen LogP contribution in [0, 0.1) is 0 Å². The van der Waals surface area contributed by atoms with Gasteiger partial charge in [-0.25, -0.2) is 4.68 Å². The summed E-state index contributed by atoms with van der Waals surface area (Å²) in [5.74, 6) is 0.524. The molecule has 8 nitrogen and oxygen atoms in total. The van der Waals surface area contributed by atoms with Gasteiger partial charge in [0, 0.05) is 24.2 Å². The van der Waals surface area contributed by atoms with E-state index in [9.17, 15) is 9.59 Å². The van der Waals surface area contributed by atoms with Crippen LogP contribution in [0.2, 0.25) is 0 Å². The molecule has 3 aromatic rings. The average molecular weight is 396 g/mol. The van der Waals surface area contributed by atoms with Crippen molar-refractivity contribution < 1.29 is 9.59 Å². The molecule has 0 aliphatic heterocycles. The maximum absolute atomic E-state index is 12.2. The highest BCUT2D eigenvalue weighted by molar-refractivity contribution is 7.12. The van der Waals surface area contributed by atoms with Gasteiger partial charge in [-0.05, 0) is 53.3 Å². The fourth-order valence-electron chi connectivity index (χ4n) is 2.85. The van der Waals surface area contributed by atoms with Crippen LogP contribution in [0.25, 0.3) is 11.4 Å². The number of nitrogens with one attached hydrogen (secondary N) is 2. The minimum absolute atomic E-state index is 0.0932. The Bertz CT molecular complexity index is 964. The van der Waals surface area contributed by atoms with Crippen LogP contribution in [0.4, 0.5) is 5.69 Å². The molecular formula is C19H20N6O2S. The molecule has 1 aliphatic rings. The normalized spacial score (nSPS) is 13.3. The van der Waals surface area contributed by atoms with Gasteiger partial charge in [-0.2, -0.15) is 0 Å². The van der Waals surface area contributed by atoms with Gasteiger partial charge in [0.2, 0.25) is 5.91 Å². The molecule has 4 rings (SSSR count). The number of anilines is 1. The summed E-state index contributed by atoms with van der Waals surface area (Å²) in [7, 11) is 0. The number of thiophene rings is 1. The number of carbonyl (C=O) groups is 2.